The van der Waals surface area contributed by atoms with Crippen LogP contribution in [0.25, 0.3) is 0 Å². The summed E-state index contributed by atoms with van der Waals surface area (Å²) in [4.78, 5) is 10.7. The first-order chi connectivity index (χ1) is 5.11. The number of carbonyl (C=O) groups excluding carboxylic acids is 1. The van der Waals surface area contributed by atoms with Crippen LogP contribution < -0.4 is 0 Å². The summed E-state index contributed by atoms with van der Waals surface area (Å²) in [5, 5.41) is 0. The predicted octanol–water partition coefficient (Wildman–Crippen LogP) is 1.95. The second-order valence-corrected chi connectivity index (χ2v) is 2.63. The van der Waals surface area contributed by atoms with Gasteiger partial charge in [0.15, 0.2) is 5.78 Å². The van der Waals surface area contributed by atoms with Gasteiger partial charge in [0.2, 0.25) is 0 Å². The molecule has 0 aromatic heterocycles. The lowest BCUT2D eigenvalue weighted by molar-refractivity contribution is -0.112. The first-order valence-corrected chi connectivity index (χ1v) is 3.83. The van der Waals surface area contributed by atoms with Crippen LogP contribution in [0.4, 0.5) is 0 Å². The first kappa shape index (κ1) is 10.4. The topological polar surface area (TPSA) is 26.3 Å². The van der Waals surface area contributed by atoms with Crippen molar-refractivity contribution in [3.05, 3.63) is 11.6 Å². The Morgan fingerprint density at radius 2 is 2.09 bits per heavy atom. The van der Waals surface area contributed by atoms with Crippen molar-refractivity contribution in [2.24, 2.45) is 0 Å². The zero-order chi connectivity index (χ0) is 8.85. The Labute approximate surface area is 68.2 Å². The molecular formula is C9H16O2. The highest BCUT2D eigenvalue weighted by atomic mass is 16.5. The summed E-state index contributed by atoms with van der Waals surface area (Å²) in [6.07, 6.45) is 2.63. The van der Waals surface area contributed by atoms with Crippen LogP contribution in [-0.4, -0.2) is 19.0 Å². The predicted molar refractivity (Wildman–Crippen MR) is 45.5 cm³/mol. The molecule has 0 spiro atoms. The largest absolute Gasteiger partial charge is 0.377 e. The van der Waals surface area contributed by atoms with Crippen LogP contribution in [-0.2, 0) is 9.53 Å². The summed E-state index contributed by atoms with van der Waals surface area (Å²) >= 11 is 0. The highest BCUT2D eigenvalue weighted by Gasteiger charge is 2.05. The molecular weight excluding hydrogens is 140 g/mol. The minimum Gasteiger partial charge on any atom is -0.377 e. The van der Waals surface area contributed by atoms with Crippen LogP contribution in [0.1, 0.15) is 27.2 Å². The minimum absolute atomic E-state index is 0.0815. The van der Waals surface area contributed by atoms with Crippen LogP contribution in [0.3, 0.4) is 0 Å². The number of ether oxygens (including phenoxy) is 1. The zero-order valence-corrected chi connectivity index (χ0v) is 7.68. The molecule has 1 atom stereocenters. The lowest BCUT2D eigenvalue weighted by atomic mass is 10.1. The summed E-state index contributed by atoms with van der Waals surface area (Å²) in [6.45, 7) is 5.50. The van der Waals surface area contributed by atoms with Crippen LogP contribution in [0.2, 0.25) is 0 Å². The van der Waals surface area contributed by atoms with Gasteiger partial charge >= 0.3 is 0 Å². The lowest BCUT2D eigenvalue weighted by Gasteiger charge is -2.12. The first-order valence-electron chi connectivity index (χ1n) is 3.83. The fourth-order valence-electron chi connectivity index (χ4n) is 1.09. The normalized spacial score (nSPS) is 14.7. The lowest BCUT2D eigenvalue weighted by Crippen LogP contribution is -2.11. The smallest absolute Gasteiger partial charge is 0.152 e. The fraction of sp³-hybridized carbons (Fsp3) is 0.667. The van der Waals surface area contributed by atoms with E-state index in [1.807, 2.05) is 13.8 Å². The van der Waals surface area contributed by atoms with Gasteiger partial charge in [0.1, 0.15) is 0 Å². The summed E-state index contributed by atoms with van der Waals surface area (Å²) in [7, 11) is 1.66. The molecule has 0 saturated heterocycles. The van der Waals surface area contributed by atoms with Crippen molar-refractivity contribution >= 4 is 5.78 Å². The maximum Gasteiger partial charge on any atom is 0.152 e. The third kappa shape index (κ3) is 3.94. The molecule has 0 aliphatic heterocycles. The van der Waals surface area contributed by atoms with Gasteiger partial charge in [0.25, 0.3) is 0 Å². The summed E-state index contributed by atoms with van der Waals surface area (Å²) in [6, 6.07) is 0. The molecule has 0 radical (unpaired) electrons. The third-order valence-corrected chi connectivity index (χ3v) is 1.59. The molecule has 64 valence electrons. The van der Waals surface area contributed by atoms with Crippen LogP contribution in [0.5, 0.6) is 0 Å². The van der Waals surface area contributed by atoms with Gasteiger partial charge in [-0.3, -0.25) is 4.79 Å². The fourth-order valence-corrected chi connectivity index (χ4v) is 1.09. The second kappa shape index (κ2) is 5.08. The number of hydrogen-bond acceptors (Lipinski definition) is 2. The molecule has 0 aliphatic rings. The third-order valence-electron chi connectivity index (χ3n) is 1.59. The van der Waals surface area contributed by atoms with Gasteiger partial charge < -0.3 is 4.74 Å². The molecule has 0 rings (SSSR count). The molecule has 0 bridgehead atoms. The molecule has 0 aromatic carbocycles. The standard InChI is InChI=1S/C9H16O2/c1-5-9(11-4)7(2)6-8(3)10/h6,9H,5H2,1-4H3. The van der Waals surface area contributed by atoms with E-state index in [1.165, 1.54) is 0 Å². The van der Waals surface area contributed by atoms with E-state index in [2.05, 4.69) is 0 Å². The summed E-state index contributed by atoms with van der Waals surface area (Å²) < 4.78 is 5.14. The molecule has 2 heteroatoms. The summed E-state index contributed by atoms with van der Waals surface area (Å²) in [5.74, 6) is 0.0815. The van der Waals surface area contributed by atoms with Gasteiger partial charge in [-0.05, 0) is 31.9 Å². The number of methoxy groups -OCH3 is 1. The second-order valence-electron chi connectivity index (χ2n) is 2.63. The maximum atomic E-state index is 10.7. The van der Waals surface area contributed by atoms with Crippen molar-refractivity contribution < 1.29 is 9.53 Å². The SMILES string of the molecule is CCC(OC)C(C)=CC(C)=O. The maximum absolute atomic E-state index is 10.7. The molecule has 0 aliphatic carbocycles. The van der Waals surface area contributed by atoms with E-state index in [-0.39, 0.29) is 11.9 Å². The van der Waals surface area contributed by atoms with Crippen molar-refractivity contribution in [3.8, 4) is 0 Å². The molecule has 2 nitrogen and oxygen atoms in total. The van der Waals surface area contributed by atoms with Gasteiger partial charge in [0.05, 0.1) is 6.10 Å². The minimum atomic E-state index is 0.0815. The average Bonchev–Trinajstić information content (AvgIpc) is 1.88. The number of ketones is 1. The van der Waals surface area contributed by atoms with E-state index in [0.29, 0.717) is 0 Å². The Morgan fingerprint density at radius 1 is 1.55 bits per heavy atom. The molecule has 0 fully saturated rings. The molecule has 0 heterocycles. The highest BCUT2D eigenvalue weighted by molar-refractivity contribution is 5.87. The molecule has 1 unspecified atom stereocenters. The van der Waals surface area contributed by atoms with Crippen molar-refractivity contribution in [2.45, 2.75) is 33.3 Å². The Kier molecular flexibility index (Phi) is 4.79. The van der Waals surface area contributed by atoms with Gasteiger partial charge in [-0.25, -0.2) is 0 Å². The number of carbonyl (C=O) groups is 1. The number of hydrogen-bond donors (Lipinski definition) is 0. The Bertz CT molecular complexity index is 155. The van der Waals surface area contributed by atoms with E-state index in [1.54, 1.807) is 20.1 Å². The van der Waals surface area contributed by atoms with Crippen molar-refractivity contribution in [1.29, 1.82) is 0 Å². The molecule has 11 heavy (non-hydrogen) atoms. The monoisotopic (exact) mass is 156 g/mol. The Hall–Kier alpha value is -0.630. The van der Waals surface area contributed by atoms with Crippen LogP contribution >= 0.6 is 0 Å². The van der Waals surface area contributed by atoms with E-state index < -0.39 is 0 Å². The average molecular weight is 156 g/mol. The molecule has 0 amide bonds. The molecule has 0 N–H and O–H groups in total. The number of rotatable bonds is 4. The zero-order valence-electron chi connectivity index (χ0n) is 7.68. The van der Waals surface area contributed by atoms with Crippen molar-refractivity contribution in [2.75, 3.05) is 7.11 Å². The van der Waals surface area contributed by atoms with Gasteiger partial charge in [0, 0.05) is 7.11 Å². The highest BCUT2D eigenvalue weighted by Crippen LogP contribution is 2.08. The van der Waals surface area contributed by atoms with Crippen molar-refractivity contribution in [3.63, 3.8) is 0 Å². The number of allylic oxidation sites excluding steroid dienone is 1. The van der Waals surface area contributed by atoms with E-state index >= 15 is 0 Å². The van der Waals surface area contributed by atoms with E-state index in [0.717, 1.165) is 12.0 Å². The van der Waals surface area contributed by atoms with Gasteiger partial charge in [-0.1, -0.05) is 6.92 Å². The van der Waals surface area contributed by atoms with Crippen LogP contribution in [0.15, 0.2) is 11.6 Å². The van der Waals surface area contributed by atoms with E-state index in [9.17, 15) is 4.79 Å². The quantitative estimate of drug-likeness (QED) is 0.581. The van der Waals surface area contributed by atoms with Gasteiger partial charge in [-0.15, -0.1) is 0 Å². The molecule has 0 aromatic rings. The van der Waals surface area contributed by atoms with Crippen molar-refractivity contribution in [1.82, 2.24) is 0 Å². The summed E-state index contributed by atoms with van der Waals surface area (Å²) in [5.41, 5.74) is 1.00. The van der Waals surface area contributed by atoms with E-state index in [4.69, 9.17) is 4.74 Å². The van der Waals surface area contributed by atoms with Gasteiger partial charge in [-0.2, -0.15) is 0 Å². The van der Waals surface area contributed by atoms with Crippen LogP contribution in [0, 0.1) is 0 Å². The molecule has 0 saturated carbocycles. The Balaban J connectivity index is 4.18. The Morgan fingerprint density at radius 3 is 2.36 bits per heavy atom.